The van der Waals surface area contributed by atoms with Crippen LogP contribution >= 0.6 is 0 Å². The van der Waals surface area contributed by atoms with E-state index in [1.54, 1.807) is 14.2 Å². The zero-order chi connectivity index (χ0) is 19.9. The minimum atomic E-state index is -0.271. The molecule has 0 radical (unpaired) electrons. The van der Waals surface area contributed by atoms with Crippen LogP contribution < -0.4 is 14.8 Å². The highest BCUT2D eigenvalue weighted by Gasteiger charge is 2.32. The van der Waals surface area contributed by atoms with Crippen molar-refractivity contribution in [1.82, 2.24) is 10.2 Å². The van der Waals surface area contributed by atoms with Gasteiger partial charge in [-0.05, 0) is 49.8 Å². The summed E-state index contributed by atoms with van der Waals surface area (Å²) >= 11 is 0. The van der Waals surface area contributed by atoms with Crippen molar-refractivity contribution in [3.63, 3.8) is 0 Å². The highest BCUT2D eigenvalue weighted by Crippen LogP contribution is 2.27. The molecule has 1 aromatic rings. The van der Waals surface area contributed by atoms with Gasteiger partial charge in [-0.25, -0.2) is 0 Å². The van der Waals surface area contributed by atoms with Gasteiger partial charge < -0.3 is 24.4 Å². The summed E-state index contributed by atoms with van der Waals surface area (Å²) in [5.41, 5.74) is 1.08. The fraction of sp³-hybridized carbons (Fsp3) is 0.619. The molecule has 0 aliphatic carbocycles. The number of rotatable bonds is 7. The van der Waals surface area contributed by atoms with E-state index in [1.807, 2.05) is 23.1 Å². The first-order valence-corrected chi connectivity index (χ1v) is 10.0. The van der Waals surface area contributed by atoms with E-state index in [-0.39, 0.29) is 23.8 Å². The molecule has 154 valence electrons. The Hall–Kier alpha value is -2.28. The summed E-state index contributed by atoms with van der Waals surface area (Å²) in [6.45, 7) is 2.51. The van der Waals surface area contributed by atoms with Crippen LogP contribution in [0.15, 0.2) is 18.2 Å². The average molecular weight is 390 g/mol. The highest BCUT2D eigenvalue weighted by molar-refractivity contribution is 5.82. The average Bonchev–Trinajstić information content (AvgIpc) is 3.28. The minimum Gasteiger partial charge on any atom is -0.493 e. The lowest BCUT2D eigenvalue weighted by molar-refractivity contribution is -0.143. The Morgan fingerprint density at radius 2 is 1.89 bits per heavy atom. The van der Waals surface area contributed by atoms with Crippen molar-refractivity contribution in [2.75, 3.05) is 40.5 Å². The molecule has 0 spiro atoms. The third-order valence-electron chi connectivity index (χ3n) is 5.54. The molecule has 2 amide bonds. The molecule has 0 aromatic heterocycles. The van der Waals surface area contributed by atoms with Gasteiger partial charge in [0.05, 0.1) is 14.2 Å². The molecule has 0 saturated carbocycles. The second kappa shape index (κ2) is 9.78. The van der Waals surface area contributed by atoms with Crippen molar-refractivity contribution in [2.24, 2.45) is 5.92 Å². The maximum Gasteiger partial charge on any atom is 0.251 e. The predicted molar refractivity (Wildman–Crippen MR) is 105 cm³/mol. The van der Waals surface area contributed by atoms with Crippen LogP contribution in [0, 0.1) is 5.92 Å². The Morgan fingerprint density at radius 1 is 1.14 bits per heavy atom. The molecule has 1 unspecified atom stereocenters. The van der Waals surface area contributed by atoms with Gasteiger partial charge in [-0.2, -0.15) is 0 Å². The van der Waals surface area contributed by atoms with Gasteiger partial charge in [-0.1, -0.05) is 6.07 Å². The lowest BCUT2D eigenvalue weighted by atomic mass is 9.95. The number of nitrogens with zero attached hydrogens (tertiary/aromatic N) is 1. The number of hydrogen-bond acceptors (Lipinski definition) is 5. The van der Waals surface area contributed by atoms with Gasteiger partial charge in [-0.3, -0.25) is 9.59 Å². The fourth-order valence-corrected chi connectivity index (χ4v) is 3.85. The first kappa shape index (κ1) is 20.5. The second-order valence-corrected chi connectivity index (χ2v) is 7.33. The number of amides is 2. The monoisotopic (exact) mass is 390 g/mol. The van der Waals surface area contributed by atoms with Crippen molar-refractivity contribution in [1.29, 1.82) is 0 Å². The topological polar surface area (TPSA) is 77.1 Å². The maximum atomic E-state index is 12.5. The largest absolute Gasteiger partial charge is 0.493 e. The van der Waals surface area contributed by atoms with Crippen LogP contribution in [0.2, 0.25) is 0 Å². The van der Waals surface area contributed by atoms with Gasteiger partial charge in [0.2, 0.25) is 5.91 Å². The number of piperidine rings is 1. The van der Waals surface area contributed by atoms with Crippen molar-refractivity contribution < 1.29 is 23.8 Å². The molecule has 7 heteroatoms. The Bertz CT molecular complexity index is 679. The van der Waals surface area contributed by atoms with Crippen LogP contribution in [0.4, 0.5) is 0 Å². The first-order chi connectivity index (χ1) is 13.6. The molecule has 1 atom stereocenters. The molecule has 0 bridgehead atoms. The summed E-state index contributed by atoms with van der Waals surface area (Å²) in [5.74, 6) is 1.52. The molecular formula is C21H30N2O5. The maximum absolute atomic E-state index is 12.5. The van der Waals surface area contributed by atoms with Gasteiger partial charge >= 0.3 is 0 Å². The van der Waals surface area contributed by atoms with Crippen LogP contribution in [-0.2, 0) is 20.7 Å². The van der Waals surface area contributed by atoms with Gasteiger partial charge in [0, 0.05) is 32.2 Å². The number of hydrogen-bond donors (Lipinski definition) is 1. The van der Waals surface area contributed by atoms with Crippen LogP contribution in [-0.4, -0.2) is 63.3 Å². The smallest absolute Gasteiger partial charge is 0.251 e. The predicted octanol–water partition coefficient (Wildman–Crippen LogP) is 1.78. The van der Waals surface area contributed by atoms with E-state index < -0.39 is 0 Å². The minimum absolute atomic E-state index is 0.0288. The zero-order valence-electron chi connectivity index (χ0n) is 16.7. The van der Waals surface area contributed by atoms with Gasteiger partial charge in [-0.15, -0.1) is 0 Å². The molecule has 2 aliphatic rings. The zero-order valence-corrected chi connectivity index (χ0v) is 16.7. The number of benzene rings is 1. The lowest BCUT2D eigenvalue weighted by Crippen LogP contribution is -2.46. The Balaban J connectivity index is 1.40. The summed E-state index contributed by atoms with van der Waals surface area (Å²) in [5, 5.41) is 3.03. The number of carbonyl (C=O) groups excluding carboxylic acids is 2. The van der Waals surface area contributed by atoms with Gasteiger partial charge in [0.25, 0.3) is 5.91 Å². The number of likely N-dealkylation sites (tertiary alicyclic amines) is 1. The number of nitrogens with one attached hydrogen (secondary N) is 1. The van der Waals surface area contributed by atoms with Crippen molar-refractivity contribution in [2.45, 2.75) is 38.2 Å². The molecule has 2 aliphatic heterocycles. The van der Waals surface area contributed by atoms with E-state index in [2.05, 4.69) is 5.32 Å². The van der Waals surface area contributed by atoms with Gasteiger partial charge in [0.15, 0.2) is 11.5 Å². The van der Waals surface area contributed by atoms with Crippen LogP contribution in [0.1, 0.15) is 31.2 Å². The van der Waals surface area contributed by atoms with Crippen molar-refractivity contribution >= 4 is 11.8 Å². The van der Waals surface area contributed by atoms with Crippen molar-refractivity contribution in [3.05, 3.63) is 23.8 Å². The third kappa shape index (κ3) is 4.95. The summed E-state index contributed by atoms with van der Waals surface area (Å²) < 4.78 is 16.0. The van der Waals surface area contributed by atoms with E-state index in [0.29, 0.717) is 50.6 Å². The molecule has 2 saturated heterocycles. The molecule has 7 nitrogen and oxygen atoms in total. The molecule has 2 fully saturated rings. The molecule has 28 heavy (non-hydrogen) atoms. The second-order valence-electron chi connectivity index (χ2n) is 7.33. The first-order valence-electron chi connectivity index (χ1n) is 10.0. The SMILES string of the molecule is COc1ccc(CCNC(=O)C2CCN(C(=O)C3CCCO3)CC2)cc1OC. The molecule has 2 heterocycles. The third-order valence-corrected chi connectivity index (χ3v) is 5.54. The van der Waals surface area contributed by atoms with Gasteiger partial charge in [0.1, 0.15) is 6.10 Å². The highest BCUT2D eigenvalue weighted by atomic mass is 16.5. The fourth-order valence-electron chi connectivity index (χ4n) is 3.85. The number of ether oxygens (including phenoxy) is 3. The van der Waals surface area contributed by atoms with E-state index in [4.69, 9.17) is 14.2 Å². The molecule has 1 aromatic carbocycles. The Kier molecular flexibility index (Phi) is 7.14. The lowest BCUT2D eigenvalue weighted by Gasteiger charge is -2.32. The molecular weight excluding hydrogens is 360 g/mol. The van der Waals surface area contributed by atoms with E-state index in [0.717, 1.165) is 24.8 Å². The Labute approximate surface area is 166 Å². The summed E-state index contributed by atoms with van der Waals surface area (Å²) in [4.78, 5) is 26.7. The van der Waals surface area contributed by atoms with E-state index in [1.165, 1.54) is 0 Å². The standard InChI is InChI=1S/C21H30N2O5/c1-26-17-6-5-15(14-19(17)27-2)7-10-22-20(24)16-8-11-23(12-9-16)21(25)18-4-3-13-28-18/h5-6,14,16,18H,3-4,7-13H2,1-2H3,(H,22,24). The summed E-state index contributed by atoms with van der Waals surface area (Å²) in [6, 6.07) is 5.78. The molecule has 1 N–H and O–H groups in total. The Morgan fingerprint density at radius 3 is 2.54 bits per heavy atom. The summed E-state index contributed by atoms with van der Waals surface area (Å²) in [7, 11) is 3.22. The van der Waals surface area contributed by atoms with Crippen LogP contribution in [0.25, 0.3) is 0 Å². The normalized spacial score (nSPS) is 20.1. The van der Waals surface area contributed by atoms with E-state index in [9.17, 15) is 9.59 Å². The molecule has 3 rings (SSSR count). The number of carbonyl (C=O) groups is 2. The van der Waals surface area contributed by atoms with Crippen molar-refractivity contribution in [3.8, 4) is 11.5 Å². The van der Waals surface area contributed by atoms with Crippen LogP contribution in [0.5, 0.6) is 11.5 Å². The number of methoxy groups -OCH3 is 2. The van der Waals surface area contributed by atoms with Crippen LogP contribution in [0.3, 0.4) is 0 Å². The summed E-state index contributed by atoms with van der Waals surface area (Å²) in [6.07, 6.45) is 3.64. The van der Waals surface area contributed by atoms with E-state index >= 15 is 0 Å². The quantitative estimate of drug-likeness (QED) is 0.768.